The van der Waals surface area contributed by atoms with Gasteiger partial charge in [-0.1, -0.05) is 0 Å². The normalized spacial score (nSPS) is 16.2. The van der Waals surface area contributed by atoms with Crippen molar-refractivity contribution < 1.29 is 9.53 Å². The van der Waals surface area contributed by atoms with Gasteiger partial charge in [-0.3, -0.25) is 4.79 Å². The number of anilines is 1. The molecule has 1 aromatic carbocycles. The summed E-state index contributed by atoms with van der Waals surface area (Å²) in [6.45, 7) is 3.98. The van der Waals surface area contributed by atoms with Crippen LogP contribution in [0.25, 0.3) is 0 Å². The van der Waals surface area contributed by atoms with Gasteiger partial charge in [-0.25, -0.2) is 0 Å². The maximum Gasteiger partial charge on any atom is 0.224 e. The monoisotopic (exact) mass is 279 g/mol. The van der Waals surface area contributed by atoms with E-state index < -0.39 is 0 Å². The number of ether oxygens (including phenoxy) is 1. The Balaban J connectivity index is 1.87. The summed E-state index contributed by atoms with van der Waals surface area (Å²) >= 11 is 4.31. The van der Waals surface area contributed by atoms with Crippen molar-refractivity contribution in [2.24, 2.45) is 5.41 Å². The molecule has 1 fully saturated rings. The van der Waals surface area contributed by atoms with Crippen molar-refractivity contribution in [2.75, 3.05) is 11.1 Å². The number of carbonyl (C=O) groups is 1. The van der Waals surface area contributed by atoms with E-state index in [0.29, 0.717) is 6.42 Å². The molecule has 3 nitrogen and oxygen atoms in total. The Morgan fingerprint density at radius 1 is 1.37 bits per heavy atom. The summed E-state index contributed by atoms with van der Waals surface area (Å²) in [5, 5.41) is 2.92. The Labute approximate surface area is 120 Å². The third kappa shape index (κ3) is 4.16. The lowest BCUT2D eigenvalue weighted by Crippen LogP contribution is -2.18. The highest BCUT2D eigenvalue weighted by molar-refractivity contribution is 7.80. The van der Waals surface area contributed by atoms with Gasteiger partial charge in [0.15, 0.2) is 0 Å². The molecule has 1 amide bonds. The average molecular weight is 279 g/mol. The number of rotatable bonds is 6. The molecule has 0 atom stereocenters. The van der Waals surface area contributed by atoms with Gasteiger partial charge < -0.3 is 10.1 Å². The molecule has 104 valence electrons. The van der Waals surface area contributed by atoms with Crippen LogP contribution in [-0.2, 0) is 4.79 Å². The lowest BCUT2D eigenvalue weighted by atomic mass is 10.1. The zero-order valence-corrected chi connectivity index (χ0v) is 12.4. The van der Waals surface area contributed by atoms with E-state index in [9.17, 15) is 4.79 Å². The predicted molar refractivity (Wildman–Crippen MR) is 81.0 cm³/mol. The highest BCUT2D eigenvalue weighted by atomic mass is 32.1. The van der Waals surface area contributed by atoms with E-state index >= 15 is 0 Å². The van der Waals surface area contributed by atoms with Crippen LogP contribution in [-0.4, -0.2) is 17.8 Å². The predicted octanol–water partition coefficient (Wildman–Crippen LogP) is 3.51. The number of amides is 1. The second kappa shape index (κ2) is 5.87. The summed E-state index contributed by atoms with van der Waals surface area (Å²) in [5.41, 5.74) is 0.976. The number of thiol groups is 1. The number of nitrogens with one attached hydrogen (secondary N) is 1. The average Bonchev–Trinajstić information content (AvgIpc) is 3.11. The molecule has 0 aliphatic heterocycles. The van der Waals surface area contributed by atoms with E-state index in [1.165, 1.54) is 0 Å². The molecule has 4 heteroatoms. The van der Waals surface area contributed by atoms with Gasteiger partial charge >= 0.3 is 0 Å². The van der Waals surface area contributed by atoms with Gasteiger partial charge in [-0.15, -0.1) is 0 Å². The van der Waals surface area contributed by atoms with Gasteiger partial charge in [0.25, 0.3) is 0 Å². The second-order valence-electron chi connectivity index (χ2n) is 5.57. The molecule has 2 rings (SSSR count). The molecule has 0 spiro atoms. The van der Waals surface area contributed by atoms with Gasteiger partial charge in [0, 0.05) is 12.1 Å². The van der Waals surface area contributed by atoms with Crippen molar-refractivity contribution in [3.05, 3.63) is 24.3 Å². The standard InChI is InChI=1S/C15H21NO2S/c1-11(2)18-13-5-3-12(4-6-13)16-14(17)9-15(10-19)7-8-15/h3-6,11,19H,7-10H2,1-2H3,(H,16,17). The van der Waals surface area contributed by atoms with Crippen LogP contribution in [0.15, 0.2) is 24.3 Å². The molecule has 1 aromatic rings. The van der Waals surface area contributed by atoms with Crippen molar-refractivity contribution in [2.45, 2.75) is 39.2 Å². The molecule has 19 heavy (non-hydrogen) atoms. The molecule has 0 saturated heterocycles. The summed E-state index contributed by atoms with van der Waals surface area (Å²) in [5.74, 6) is 1.69. The summed E-state index contributed by atoms with van der Waals surface area (Å²) in [4.78, 5) is 11.9. The van der Waals surface area contributed by atoms with Crippen LogP contribution >= 0.6 is 12.6 Å². The first-order valence-corrected chi connectivity index (χ1v) is 7.34. The van der Waals surface area contributed by atoms with Crippen molar-refractivity contribution in [3.63, 3.8) is 0 Å². The quantitative estimate of drug-likeness (QED) is 0.782. The number of hydrogen-bond donors (Lipinski definition) is 2. The number of benzene rings is 1. The van der Waals surface area contributed by atoms with E-state index in [1.807, 2.05) is 38.1 Å². The Morgan fingerprint density at radius 2 is 2.00 bits per heavy atom. The topological polar surface area (TPSA) is 38.3 Å². The first-order chi connectivity index (χ1) is 9.03. The Hall–Kier alpha value is -1.16. The van der Waals surface area contributed by atoms with Crippen LogP contribution in [0, 0.1) is 5.41 Å². The smallest absolute Gasteiger partial charge is 0.224 e. The molecule has 0 aromatic heterocycles. The number of carbonyl (C=O) groups excluding carboxylic acids is 1. The minimum Gasteiger partial charge on any atom is -0.491 e. The van der Waals surface area contributed by atoms with Gasteiger partial charge in [-0.05, 0) is 62.1 Å². The molecule has 0 radical (unpaired) electrons. The van der Waals surface area contributed by atoms with E-state index in [0.717, 1.165) is 30.0 Å². The van der Waals surface area contributed by atoms with Crippen LogP contribution < -0.4 is 10.1 Å². The first-order valence-electron chi connectivity index (χ1n) is 6.70. The van der Waals surface area contributed by atoms with Crippen LogP contribution in [0.5, 0.6) is 5.75 Å². The third-order valence-corrected chi connectivity index (χ3v) is 4.01. The van der Waals surface area contributed by atoms with Crippen molar-refractivity contribution in [1.29, 1.82) is 0 Å². The molecule has 1 aliphatic rings. The van der Waals surface area contributed by atoms with E-state index in [4.69, 9.17) is 4.74 Å². The molecule has 1 saturated carbocycles. The SMILES string of the molecule is CC(C)Oc1ccc(NC(=O)CC2(CS)CC2)cc1. The van der Waals surface area contributed by atoms with Crippen molar-refractivity contribution in [1.82, 2.24) is 0 Å². The van der Waals surface area contributed by atoms with Gasteiger partial charge in [0.1, 0.15) is 5.75 Å². The van der Waals surface area contributed by atoms with Crippen LogP contribution in [0.4, 0.5) is 5.69 Å². The Morgan fingerprint density at radius 3 is 2.47 bits per heavy atom. The summed E-state index contributed by atoms with van der Waals surface area (Å²) in [6.07, 6.45) is 2.96. The highest BCUT2D eigenvalue weighted by Crippen LogP contribution is 2.49. The first kappa shape index (κ1) is 14.3. The highest BCUT2D eigenvalue weighted by Gasteiger charge is 2.42. The fraction of sp³-hybridized carbons (Fsp3) is 0.533. The minimum atomic E-state index is 0.0732. The third-order valence-electron chi connectivity index (χ3n) is 3.34. The summed E-state index contributed by atoms with van der Waals surface area (Å²) in [7, 11) is 0. The van der Waals surface area contributed by atoms with Crippen LogP contribution in [0.1, 0.15) is 33.1 Å². The maximum absolute atomic E-state index is 11.9. The molecule has 1 aliphatic carbocycles. The van der Waals surface area contributed by atoms with E-state index in [2.05, 4.69) is 17.9 Å². The molecule has 0 bridgehead atoms. The van der Waals surface area contributed by atoms with Crippen molar-refractivity contribution in [3.8, 4) is 5.75 Å². The molecule has 0 heterocycles. The lowest BCUT2D eigenvalue weighted by Gasteiger charge is -2.13. The number of hydrogen-bond acceptors (Lipinski definition) is 3. The fourth-order valence-electron chi connectivity index (χ4n) is 2.00. The maximum atomic E-state index is 11.9. The Kier molecular flexibility index (Phi) is 4.40. The summed E-state index contributed by atoms with van der Waals surface area (Å²) in [6, 6.07) is 7.49. The van der Waals surface area contributed by atoms with E-state index in [-0.39, 0.29) is 17.4 Å². The largest absolute Gasteiger partial charge is 0.491 e. The zero-order valence-electron chi connectivity index (χ0n) is 11.5. The molecule has 0 unspecified atom stereocenters. The van der Waals surface area contributed by atoms with Gasteiger partial charge in [0.2, 0.25) is 5.91 Å². The van der Waals surface area contributed by atoms with Crippen molar-refractivity contribution >= 4 is 24.2 Å². The fourth-order valence-corrected chi connectivity index (χ4v) is 2.43. The van der Waals surface area contributed by atoms with Crippen LogP contribution in [0.3, 0.4) is 0 Å². The molecule has 1 N–H and O–H groups in total. The Bertz CT molecular complexity index is 438. The molecular formula is C15H21NO2S. The van der Waals surface area contributed by atoms with Gasteiger partial charge in [0.05, 0.1) is 6.10 Å². The second-order valence-corrected chi connectivity index (χ2v) is 5.89. The van der Waals surface area contributed by atoms with Crippen LogP contribution in [0.2, 0.25) is 0 Å². The van der Waals surface area contributed by atoms with Gasteiger partial charge in [-0.2, -0.15) is 12.6 Å². The summed E-state index contributed by atoms with van der Waals surface area (Å²) < 4.78 is 5.56. The van der Waals surface area contributed by atoms with E-state index in [1.54, 1.807) is 0 Å². The zero-order chi connectivity index (χ0) is 13.9. The lowest BCUT2D eigenvalue weighted by molar-refractivity contribution is -0.117. The molecular weight excluding hydrogens is 258 g/mol. The minimum absolute atomic E-state index is 0.0732.